The summed E-state index contributed by atoms with van der Waals surface area (Å²) in [5, 5.41) is 20.7. The van der Waals surface area contributed by atoms with Crippen LogP contribution < -0.4 is 0 Å². The summed E-state index contributed by atoms with van der Waals surface area (Å²) in [4.78, 5) is 25.3. The molecule has 0 rings (SSSR count). The smallest absolute Gasteiger partial charge is 0.332 e. The van der Waals surface area contributed by atoms with Crippen molar-refractivity contribution in [1.29, 1.82) is 0 Å². The number of hydrogen-bond donors (Lipinski definition) is 2. The molecule has 2 atom stereocenters. The molecule has 6 nitrogen and oxygen atoms in total. The van der Waals surface area contributed by atoms with E-state index in [9.17, 15) is 19.8 Å². The summed E-state index contributed by atoms with van der Waals surface area (Å²) in [6.45, 7) is 19.8. The topological polar surface area (TPSA) is 93.1 Å². The molecule has 0 amide bonds. The Labute approximate surface area is 193 Å². The average Bonchev–Trinajstić information content (AvgIpc) is 2.58. The van der Waals surface area contributed by atoms with Crippen molar-refractivity contribution in [3.05, 3.63) is 11.1 Å². The predicted molar refractivity (Wildman–Crippen MR) is 135 cm³/mol. The van der Waals surface area contributed by atoms with E-state index in [0.29, 0.717) is 21.0 Å². The van der Waals surface area contributed by atoms with Gasteiger partial charge in [-0.3, -0.25) is 0 Å². The maximum absolute atomic E-state index is 12.6. The quantitative estimate of drug-likeness (QED) is 0.311. The molecule has 0 saturated carbocycles. The fraction of sp³-hybridized carbons (Fsp3) is 0.800. The summed E-state index contributed by atoms with van der Waals surface area (Å²) in [5.74, 6) is -2.31. The first-order chi connectivity index (χ1) is 13.3. The first-order valence-electron chi connectivity index (χ1n) is 10.5. The van der Waals surface area contributed by atoms with Crippen molar-refractivity contribution in [3.8, 4) is 0 Å². The number of carboxylic acids is 2. The highest BCUT2D eigenvalue weighted by Crippen LogP contribution is 2.57. The van der Waals surface area contributed by atoms with Crippen molar-refractivity contribution < 1.29 is 28.0 Å². The molecule has 0 saturated heterocycles. The van der Waals surface area contributed by atoms with Gasteiger partial charge in [-0.25, -0.2) is 9.59 Å². The third kappa shape index (κ3) is 5.44. The van der Waals surface area contributed by atoms with Crippen molar-refractivity contribution in [3.63, 3.8) is 0 Å². The van der Waals surface area contributed by atoms with Crippen LogP contribution in [0.25, 0.3) is 0 Å². The van der Waals surface area contributed by atoms with E-state index in [1.165, 1.54) is 0 Å². The van der Waals surface area contributed by atoms with Crippen molar-refractivity contribution in [2.75, 3.05) is 0 Å². The van der Waals surface area contributed by atoms with E-state index in [1.807, 2.05) is 55.4 Å². The zero-order chi connectivity index (χ0) is 24.3. The molecule has 2 unspecified atom stereocenters. The molecule has 176 valence electrons. The minimum Gasteiger partial charge on any atom is -0.478 e. The molecule has 2 N–H and O–H groups in total. The lowest BCUT2D eigenvalue weighted by Gasteiger charge is -2.50. The van der Waals surface area contributed by atoms with Gasteiger partial charge in [-0.15, -0.1) is 0 Å². The molecule has 0 fully saturated rings. The summed E-state index contributed by atoms with van der Waals surface area (Å²) < 4.78 is 11.2. The molecule has 0 aromatic heterocycles. The first kappa shape index (κ1) is 29.5. The first-order valence-corrected chi connectivity index (χ1v) is 15.0. The highest BCUT2D eigenvalue weighted by atomic mass is 28.3. The fourth-order valence-corrected chi connectivity index (χ4v) is 10.0. The van der Waals surface area contributed by atoms with E-state index >= 15 is 0 Å². The van der Waals surface area contributed by atoms with Crippen molar-refractivity contribution >= 4 is 52.4 Å². The molecular weight excluding hydrogens is 449 g/mol. The SMILES string of the molecule is CC([SiH2]O[SiH3])C(C)(C)C(C)(C)/C(C(=O)O)=C(\C(=O)O)C(C)(C)C(C)(C)C(C)[SiH2]O[SiH3]. The summed E-state index contributed by atoms with van der Waals surface area (Å²) >= 11 is 0. The van der Waals surface area contributed by atoms with E-state index in [2.05, 4.69) is 13.8 Å². The van der Waals surface area contributed by atoms with E-state index in [-0.39, 0.29) is 22.2 Å². The van der Waals surface area contributed by atoms with Crippen LogP contribution in [0.5, 0.6) is 0 Å². The van der Waals surface area contributed by atoms with E-state index in [1.54, 1.807) is 0 Å². The third-order valence-electron chi connectivity index (χ3n) is 8.45. The van der Waals surface area contributed by atoms with E-state index < -0.39 is 53.1 Å². The van der Waals surface area contributed by atoms with Crippen molar-refractivity contribution in [2.45, 2.75) is 80.3 Å². The van der Waals surface area contributed by atoms with Gasteiger partial charge < -0.3 is 18.4 Å². The Morgan fingerprint density at radius 3 is 1.10 bits per heavy atom. The zero-order valence-electron chi connectivity index (χ0n) is 21.1. The van der Waals surface area contributed by atoms with Gasteiger partial charge in [0.1, 0.15) is 40.5 Å². The van der Waals surface area contributed by atoms with Crippen LogP contribution in [0.15, 0.2) is 11.1 Å². The van der Waals surface area contributed by atoms with Crippen LogP contribution in [0.4, 0.5) is 0 Å². The van der Waals surface area contributed by atoms with Crippen LogP contribution in [-0.2, 0) is 17.8 Å². The number of carboxylic acid groups (broad SMARTS) is 2. The highest BCUT2D eigenvalue weighted by Gasteiger charge is 2.53. The number of carbonyl (C=O) groups is 2. The van der Waals surface area contributed by atoms with E-state index in [4.69, 9.17) is 8.23 Å². The van der Waals surface area contributed by atoms with Gasteiger partial charge in [0, 0.05) is 10.8 Å². The molecular formula is C20H44O6Si4. The lowest BCUT2D eigenvalue weighted by Crippen LogP contribution is -2.47. The molecule has 0 aliphatic heterocycles. The molecule has 0 aliphatic carbocycles. The van der Waals surface area contributed by atoms with Gasteiger partial charge in [0.2, 0.25) is 0 Å². The zero-order valence-corrected chi connectivity index (χ0v) is 27.9. The molecule has 0 bridgehead atoms. The summed E-state index contributed by atoms with van der Waals surface area (Å²) in [7, 11) is -0.331. The molecule has 0 aromatic rings. The van der Waals surface area contributed by atoms with Crippen molar-refractivity contribution in [1.82, 2.24) is 0 Å². The van der Waals surface area contributed by atoms with Crippen LogP contribution in [0.1, 0.15) is 69.2 Å². The lowest BCUT2D eigenvalue weighted by atomic mass is 9.55. The number of aliphatic carboxylic acids is 2. The van der Waals surface area contributed by atoms with Crippen molar-refractivity contribution in [2.24, 2.45) is 21.7 Å². The molecule has 30 heavy (non-hydrogen) atoms. The lowest BCUT2D eigenvalue weighted by molar-refractivity contribution is -0.139. The van der Waals surface area contributed by atoms with Crippen LogP contribution in [-0.4, -0.2) is 62.6 Å². The second-order valence-corrected chi connectivity index (χ2v) is 18.5. The Bertz CT molecular complexity index is 614. The maximum atomic E-state index is 12.6. The van der Waals surface area contributed by atoms with Crippen LogP contribution >= 0.6 is 0 Å². The summed E-state index contributed by atoms with van der Waals surface area (Å²) in [6.07, 6.45) is 0. The van der Waals surface area contributed by atoms with Gasteiger partial charge in [-0.1, -0.05) is 69.2 Å². The Balaban J connectivity index is 7.11. The Kier molecular flexibility index (Phi) is 10.2. The van der Waals surface area contributed by atoms with Gasteiger partial charge >= 0.3 is 11.9 Å². The molecule has 0 aliphatic rings. The molecule has 10 heteroatoms. The monoisotopic (exact) mass is 492 g/mol. The molecule has 0 spiro atoms. The van der Waals surface area contributed by atoms with Gasteiger partial charge in [0.15, 0.2) is 0 Å². The molecule has 0 aromatic carbocycles. The highest BCUT2D eigenvalue weighted by molar-refractivity contribution is 6.36. The number of rotatable bonds is 12. The van der Waals surface area contributed by atoms with Gasteiger partial charge in [0.25, 0.3) is 0 Å². The van der Waals surface area contributed by atoms with Gasteiger partial charge in [-0.05, 0) is 21.9 Å². The Morgan fingerprint density at radius 2 is 0.933 bits per heavy atom. The third-order valence-corrected chi connectivity index (χ3v) is 14.2. The number of hydrogen-bond acceptors (Lipinski definition) is 4. The second kappa shape index (κ2) is 10.4. The van der Waals surface area contributed by atoms with Crippen LogP contribution in [0.3, 0.4) is 0 Å². The minimum absolute atomic E-state index is 0.00734. The fourth-order valence-electron chi connectivity index (χ4n) is 4.17. The Hall–Kier alpha value is -0.532. The normalized spacial score (nSPS) is 17.7. The van der Waals surface area contributed by atoms with Crippen LogP contribution in [0, 0.1) is 21.7 Å². The molecule has 0 heterocycles. The van der Waals surface area contributed by atoms with Gasteiger partial charge in [-0.2, -0.15) is 0 Å². The van der Waals surface area contributed by atoms with E-state index in [0.717, 1.165) is 0 Å². The minimum atomic E-state index is -1.15. The molecule has 0 radical (unpaired) electrons. The Morgan fingerprint density at radius 1 is 0.700 bits per heavy atom. The summed E-state index contributed by atoms with van der Waals surface area (Å²) in [5.41, 5.74) is -2.25. The van der Waals surface area contributed by atoms with Gasteiger partial charge in [0.05, 0.1) is 11.1 Å². The summed E-state index contributed by atoms with van der Waals surface area (Å²) in [6, 6.07) is 0. The largest absolute Gasteiger partial charge is 0.478 e. The second-order valence-electron chi connectivity index (χ2n) is 10.8. The average molecular weight is 493 g/mol. The predicted octanol–water partition coefficient (Wildman–Crippen LogP) is 0.935. The van der Waals surface area contributed by atoms with Crippen LogP contribution in [0.2, 0.25) is 11.1 Å². The standard InChI is InChI=1S/C20H44O6Si4/c1-11(29-25-27)17(3,4)19(7,8)13(15(21)22)14(16(23)24)20(9,10)18(5,6)12(2)30-26-28/h11-12H,29-30H2,1-10,27-28H3,(H,21,22)(H,23,24)/b14-13+. The maximum Gasteiger partial charge on any atom is 0.332 e.